The van der Waals surface area contributed by atoms with E-state index in [1.165, 1.54) is 6.21 Å². The number of rotatable bonds is 5. The van der Waals surface area contributed by atoms with E-state index >= 15 is 0 Å². The number of nitro benzene ring substituents is 2. The van der Waals surface area contributed by atoms with Crippen LogP contribution >= 0.6 is 15.9 Å². The van der Waals surface area contributed by atoms with Crippen LogP contribution in [0.25, 0.3) is 0 Å². The summed E-state index contributed by atoms with van der Waals surface area (Å²) < 4.78 is 0.862. The van der Waals surface area contributed by atoms with Crippen LogP contribution in [0.1, 0.15) is 15.9 Å². The SMILES string of the molecule is O=C(ON=Cc1ccc(Br)cc1)c1cc([N+](=O)[O-])cc([N+](=O)[O-])c1. The number of nitrogens with zero attached hydrogens (tertiary/aromatic N) is 3. The first-order chi connectivity index (χ1) is 11.4. The van der Waals surface area contributed by atoms with Crippen molar-refractivity contribution >= 4 is 39.5 Å². The summed E-state index contributed by atoms with van der Waals surface area (Å²) in [6.07, 6.45) is 1.26. The molecule has 0 unspecified atom stereocenters. The Balaban J connectivity index is 2.18. The summed E-state index contributed by atoms with van der Waals surface area (Å²) in [6, 6.07) is 9.44. The fraction of sp³-hybridized carbons (Fsp3) is 0. The number of hydrogen-bond acceptors (Lipinski definition) is 7. The molecule has 0 amide bonds. The second kappa shape index (κ2) is 7.42. The summed E-state index contributed by atoms with van der Waals surface area (Å²) in [5.41, 5.74) is -0.874. The number of nitro groups is 2. The molecule has 0 fully saturated rings. The molecule has 122 valence electrons. The predicted octanol–water partition coefficient (Wildman–Crippen LogP) is 3.46. The molecule has 0 N–H and O–H groups in total. The molecule has 0 bridgehead atoms. The van der Waals surface area contributed by atoms with Gasteiger partial charge in [0.25, 0.3) is 11.4 Å². The van der Waals surface area contributed by atoms with Crippen LogP contribution in [0.2, 0.25) is 0 Å². The number of halogens is 1. The van der Waals surface area contributed by atoms with Gasteiger partial charge in [-0.25, -0.2) is 4.79 Å². The van der Waals surface area contributed by atoms with Crippen LogP contribution in [-0.4, -0.2) is 22.0 Å². The second-order valence-corrected chi connectivity index (χ2v) is 5.33. The van der Waals surface area contributed by atoms with Gasteiger partial charge in [-0.15, -0.1) is 0 Å². The van der Waals surface area contributed by atoms with Gasteiger partial charge in [0.05, 0.1) is 27.7 Å². The molecule has 0 aliphatic rings. The predicted molar refractivity (Wildman–Crippen MR) is 86.9 cm³/mol. The van der Waals surface area contributed by atoms with Crippen molar-refractivity contribution < 1.29 is 19.5 Å². The molecule has 0 heterocycles. The van der Waals surface area contributed by atoms with Gasteiger partial charge >= 0.3 is 5.97 Å². The molecule has 0 radical (unpaired) electrons. The zero-order valence-corrected chi connectivity index (χ0v) is 13.4. The Kier molecular flexibility index (Phi) is 5.32. The molecule has 0 spiro atoms. The molecule has 0 aromatic heterocycles. The Morgan fingerprint density at radius 2 is 1.58 bits per heavy atom. The van der Waals surface area contributed by atoms with Crippen molar-refractivity contribution in [3.63, 3.8) is 0 Å². The van der Waals surface area contributed by atoms with Crippen molar-refractivity contribution in [2.75, 3.05) is 0 Å². The Morgan fingerprint density at radius 1 is 1.04 bits per heavy atom. The van der Waals surface area contributed by atoms with Crippen molar-refractivity contribution in [1.29, 1.82) is 0 Å². The summed E-state index contributed by atoms with van der Waals surface area (Å²) in [4.78, 5) is 36.3. The largest absolute Gasteiger partial charge is 0.366 e. The summed E-state index contributed by atoms with van der Waals surface area (Å²) >= 11 is 3.26. The standard InChI is InChI=1S/C14H8BrN3O6/c15-11-3-1-9(2-4-11)8-16-24-14(19)10-5-12(17(20)21)7-13(6-10)18(22)23/h1-8H. The lowest BCUT2D eigenvalue weighted by Crippen LogP contribution is -2.04. The average molecular weight is 394 g/mol. The van der Waals surface area contributed by atoms with Crippen molar-refractivity contribution in [3.8, 4) is 0 Å². The van der Waals surface area contributed by atoms with Crippen molar-refractivity contribution in [2.24, 2.45) is 5.16 Å². The van der Waals surface area contributed by atoms with E-state index in [0.29, 0.717) is 5.56 Å². The summed E-state index contributed by atoms with van der Waals surface area (Å²) in [5, 5.41) is 25.0. The van der Waals surface area contributed by atoms with E-state index in [1.54, 1.807) is 24.3 Å². The van der Waals surface area contributed by atoms with E-state index in [1.807, 2.05) is 0 Å². The minimum absolute atomic E-state index is 0.344. The number of non-ortho nitro benzene ring substituents is 2. The molecule has 24 heavy (non-hydrogen) atoms. The fourth-order valence-corrected chi connectivity index (χ4v) is 1.92. The molecule has 0 aliphatic heterocycles. The average Bonchev–Trinajstić information content (AvgIpc) is 2.56. The maximum Gasteiger partial charge on any atom is 0.366 e. The van der Waals surface area contributed by atoms with Crippen molar-refractivity contribution in [2.45, 2.75) is 0 Å². The minimum atomic E-state index is -1.05. The third-order valence-electron chi connectivity index (χ3n) is 2.77. The summed E-state index contributed by atoms with van der Waals surface area (Å²) in [6.45, 7) is 0. The van der Waals surface area contributed by atoms with Gasteiger partial charge in [-0.1, -0.05) is 33.2 Å². The first-order valence-corrected chi connectivity index (χ1v) is 7.10. The van der Waals surface area contributed by atoms with Gasteiger partial charge in [-0.3, -0.25) is 20.2 Å². The normalized spacial score (nSPS) is 10.5. The van der Waals surface area contributed by atoms with E-state index in [9.17, 15) is 25.0 Å². The molecule has 0 saturated carbocycles. The number of benzene rings is 2. The first kappa shape index (κ1) is 17.2. The highest BCUT2D eigenvalue weighted by Gasteiger charge is 2.20. The lowest BCUT2D eigenvalue weighted by Gasteiger charge is -1.99. The van der Waals surface area contributed by atoms with Crippen molar-refractivity contribution in [3.05, 3.63) is 78.3 Å². The molecule has 9 nitrogen and oxygen atoms in total. The van der Waals surface area contributed by atoms with Gasteiger partial charge < -0.3 is 4.84 Å². The van der Waals surface area contributed by atoms with Gasteiger partial charge in [-0.2, -0.15) is 0 Å². The van der Waals surface area contributed by atoms with Crippen LogP contribution in [0.3, 0.4) is 0 Å². The highest BCUT2D eigenvalue weighted by molar-refractivity contribution is 9.10. The topological polar surface area (TPSA) is 125 Å². The zero-order valence-electron chi connectivity index (χ0n) is 11.8. The Bertz CT molecular complexity index is 803. The molecule has 0 aliphatic carbocycles. The van der Waals surface area contributed by atoms with Crippen LogP contribution in [0.5, 0.6) is 0 Å². The maximum absolute atomic E-state index is 11.8. The Morgan fingerprint density at radius 3 is 2.08 bits per heavy atom. The number of carbonyl (C=O) groups excluding carboxylic acids is 1. The fourth-order valence-electron chi connectivity index (χ4n) is 1.66. The molecule has 2 aromatic carbocycles. The molecule has 10 heteroatoms. The molecular weight excluding hydrogens is 386 g/mol. The number of hydrogen-bond donors (Lipinski definition) is 0. The molecule has 2 rings (SSSR count). The van der Waals surface area contributed by atoms with Gasteiger partial charge in [0.1, 0.15) is 0 Å². The molecule has 2 aromatic rings. The monoisotopic (exact) mass is 393 g/mol. The number of carbonyl (C=O) groups is 1. The van der Waals surface area contributed by atoms with Crippen LogP contribution in [0.15, 0.2) is 52.1 Å². The quantitative estimate of drug-likeness (QED) is 0.331. The van der Waals surface area contributed by atoms with E-state index < -0.39 is 27.2 Å². The van der Waals surface area contributed by atoms with Crippen LogP contribution in [0, 0.1) is 20.2 Å². The van der Waals surface area contributed by atoms with Gasteiger partial charge in [0, 0.05) is 16.6 Å². The van der Waals surface area contributed by atoms with Crippen LogP contribution < -0.4 is 0 Å². The molecule has 0 saturated heterocycles. The maximum atomic E-state index is 11.8. The van der Waals surface area contributed by atoms with Gasteiger partial charge in [0.15, 0.2) is 0 Å². The summed E-state index contributed by atoms with van der Waals surface area (Å²) in [7, 11) is 0. The van der Waals surface area contributed by atoms with Gasteiger partial charge in [-0.05, 0) is 17.7 Å². The highest BCUT2D eigenvalue weighted by atomic mass is 79.9. The van der Waals surface area contributed by atoms with Gasteiger partial charge in [0.2, 0.25) is 0 Å². The molecule has 0 atom stereocenters. The number of oxime groups is 1. The Hall–Kier alpha value is -3.14. The van der Waals surface area contributed by atoms with E-state index in [2.05, 4.69) is 25.9 Å². The Labute approximate surface area is 143 Å². The zero-order chi connectivity index (χ0) is 17.7. The van der Waals surface area contributed by atoms with Crippen molar-refractivity contribution in [1.82, 2.24) is 0 Å². The lowest BCUT2D eigenvalue weighted by atomic mass is 10.2. The first-order valence-electron chi connectivity index (χ1n) is 6.31. The third kappa shape index (κ3) is 4.43. The highest BCUT2D eigenvalue weighted by Crippen LogP contribution is 2.23. The van der Waals surface area contributed by atoms with Crippen LogP contribution in [0.4, 0.5) is 11.4 Å². The van der Waals surface area contributed by atoms with E-state index in [0.717, 1.165) is 22.7 Å². The minimum Gasteiger partial charge on any atom is -0.313 e. The molecular formula is C14H8BrN3O6. The smallest absolute Gasteiger partial charge is 0.313 e. The summed E-state index contributed by atoms with van der Waals surface area (Å²) in [5.74, 6) is -1.05. The third-order valence-corrected chi connectivity index (χ3v) is 3.30. The van der Waals surface area contributed by atoms with E-state index in [-0.39, 0.29) is 5.56 Å². The lowest BCUT2D eigenvalue weighted by molar-refractivity contribution is -0.394. The van der Waals surface area contributed by atoms with E-state index in [4.69, 9.17) is 0 Å². The van der Waals surface area contributed by atoms with Crippen LogP contribution in [-0.2, 0) is 4.84 Å². The second-order valence-electron chi connectivity index (χ2n) is 4.42.